The third-order valence-corrected chi connectivity index (χ3v) is 4.74. The van der Waals surface area contributed by atoms with Gasteiger partial charge in [0.2, 0.25) is 0 Å². The van der Waals surface area contributed by atoms with Crippen molar-refractivity contribution in [1.82, 2.24) is 9.97 Å². The van der Waals surface area contributed by atoms with Crippen LogP contribution in [0.3, 0.4) is 0 Å². The standard InChI is InChI=1S/C15H13ClN2OS/c16-11-4-1-2-7-14(11)20-9-15-17-8-10-12(18-15)5-3-6-13(10)19/h1-2,4,7-8H,3,5-6,9H2. The fourth-order valence-corrected chi connectivity index (χ4v) is 3.31. The Morgan fingerprint density at radius 2 is 2.10 bits per heavy atom. The molecular weight excluding hydrogens is 292 g/mol. The largest absolute Gasteiger partial charge is 0.294 e. The summed E-state index contributed by atoms with van der Waals surface area (Å²) in [5, 5.41) is 0.741. The molecule has 0 amide bonds. The Morgan fingerprint density at radius 3 is 2.95 bits per heavy atom. The predicted molar refractivity (Wildman–Crippen MR) is 80.3 cm³/mol. The molecule has 0 aliphatic heterocycles. The molecule has 0 unspecified atom stereocenters. The van der Waals surface area contributed by atoms with Gasteiger partial charge in [-0.1, -0.05) is 23.7 Å². The fourth-order valence-electron chi connectivity index (χ4n) is 2.21. The van der Waals surface area contributed by atoms with Crippen molar-refractivity contribution in [1.29, 1.82) is 0 Å². The molecule has 20 heavy (non-hydrogen) atoms. The van der Waals surface area contributed by atoms with E-state index in [9.17, 15) is 4.79 Å². The summed E-state index contributed by atoms with van der Waals surface area (Å²) in [6.45, 7) is 0. The smallest absolute Gasteiger partial charge is 0.166 e. The minimum Gasteiger partial charge on any atom is -0.294 e. The molecule has 0 bridgehead atoms. The number of carbonyl (C=O) groups excluding carboxylic acids is 1. The molecule has 102 valence electrons. The van der Waals surface area contributed by atoms with Crippen LogP contribution in [0.5, 0.6) is 0 Å². The molecule has 0 spiro atoms. The molecule has 1 aromatic heterocycles. The highest BCUT2D eigenvalue weighted by Gasteiger charge is 2.19. The Morgan fingerprint density at radius 1 is 1.25 bits per heavy atom. The monoisotopic (exact) mass is 304 g/mol. The maximum Gasteiger partial charge on any atom is 0.166 e. The number of halogens is 1. The van der Waals surface area contributed by atoms with Gasteiger partial charge in [-0.3, -0.25) is 4.79 Å². The number of rotatable bonds is 3. The molecule has 0 atom stereocenters. The van der Waals surface area contributed by atoms with Crippen LogP contribution >= 0.6 is 23.4 Å². The molecule has 0 saturated heterocycles. The minimum absolute atomic E-state index is 0.163. The summed E-state index contributed by atoms with van der Waals surface area (Å²) in [5.41, 5.74) is 1.59. The van der Waals surface area contributed by atoms with Crippen molar-refractivity contribution >= 4 is 29.1 Å². The van der Waals surface area contributed by atoms with Crippen molar-refractivity contribution in [3.63, 3.8) is 0 Å². The van der Waals surface area contributed by atoms with Gasteiger partial charge in [-0.25, -0.2) is 9.97 Å². The molecule has 1 aliphatic carbocycles. The van der Waals surface area contributed by atoms with Crippen molar-refractivity contribution in [3.05, 3.63) is 52.6 Å². The van der Waals surface area contributed by atoms with Crippen molar-refractivity contribution in [3.8, 4) is 0 Å². The third kappa shape index (κ3) is 2.86. The van der Waals surface area contributed by atoms with Crippen LogP contribution in [0, 0.1) is 0 Å². The van der Waals surface area contributed by atoms with E-state index >= 15 is 0 Å². The van der Waals surface area contributed by atoms with Crippen LogP contribution in [0.15, 0.2) is 35.4 Å². The molecule has 3 nitrogen and oxygen atoms in total. The van der Waals surface area contributed by atoms with Gasteiger partial charge in [-0.2, -0.15) is 0 Å². The van der Waals surface area contributed by atoms with Gasteiger partial charge in [-0.05, 0) is 25.0 Å². The highest BCUT2D eigenvalue weighted by molar-refractivity contribution is 7.98. The summed E-state index contributed by atoms with van der Waals surface area (Å²) in [7, 11) is 0. The van der Waals surface area contributed by atoms with E-state index in [1.54, 1.807) is 18.0 Å². The quantitative estimate of drug-likeness (QED) is 0.806. The van der Waals surface area contributed by atoms with E-state index in [0.717, 1.165) is 34.3 Å². The predicted octanol–water partition coefficient (Wildman–Crippen LogP) is 3.94. The molecule has 5 heteroatoms. The first-order valence-electron chi connectivity index (χ1n) is 6.49. The van der Waals surface area contributed by atoms with E-state index in [2.05, 4.69) is 9.97 Å². The summed E-state index contributed by atoms with van der Waals surface area (Å²) >= 11 is 7.73. The summed E-state index contributed by atoms with van der Waals surface area (Å²) in [6, 6.07) is 7.72. The van der Waals surface area contributed by atoms with Gasteiger partial charge in [0.1, 0.15) is 5.82 Å². The van der Waals surface area contributed by atoms with Crippen LogP contribution in [0.4, 0.5) is 0 Å². The van der Waals surface area contributed by atoms with Crippen molar-refractivity contribution in [2.75, 3.05) is 0 Å². The number of nitrogens with zero attached hydrogens (tertiary/aromatic N) is 2. The molecule has 1 aliphatic rings. The van der Waals surface area contributed by atoms with Gasteiger partial charge in [0.25, 0.3) is 0 Å². The van der Waals surface area contributed by atoms with Crippen LogP contribution in [0.1, 0.15) is 34.7 Å². The lowest BCUT2D eigenvalue weighted by atomic mass is 9.96. The van der Waals surface area contributed by atoms with Crippen LogP contribution < -0.4 is 0 Å². The summed E-state index contributed by atoms with van der Waals surface area (Å²) < 4.78 is 0. The zero-order valence-electron chi connectivity index (χ0n) is 10.8. The molecule has 1 aromatic carbocycles. The van der Waals surface area contributed by atoms with Crippen LogP contribution in [0.2, 0.25) is 5.02 Å². The molecule has 0 N–H and O–H groups in total. The number of ketones is 1. The van der Waals surface area contributed by atoms with Gasteiger partial charge in [0, 0.05) is 17.5 Å². The van der Waals surface area contributed by atoms with Gasteiger partial charge < -0.3 is 0 Å². The number of Topliss-reactive ketones (excluding diaryl/α,β-unsaturated/α-hetero) is 1. The average molecular weight is 305 g/mol. The number of hydrogen-bond donors (Lipinski definition) is 0. The first-order chi connectivity index (χ1) is 9.74. The number of benzene rings is 1. The average Bonchev–Trinajstić information content (AvgIpc) is 2.46. The molecule has 1 heterocycles. The lowest BCUT2D eigenvalue weighted by molar-refractivity contribution is 0.0971. The minimum atomic E-state index is 0.163. The summed E-state index contributed by atoms with van der Waals surface area (Å²) in [4.78, 5) is 21.5. The number of carbonyl (C=O) groups is 1. The lowest BCUT2D eigenvalue weighted by Crippen LogP contribution is -2.14. The maximum atomic E-state index is 11.7. The Kier molecular flexibility index (Phi) is 4.03. The third-order valence-electron chi connectivity index (χ3n) is 3.23. The number of thioether (sulfide) groups is 1. The number of aromatic nitrogens is 2. The van der Waals surface area contributed by atoms with Gasteiger partial charge in [-0.15, -0.1) is 11.8 Å². The summed E-state index contributed by atoms with van der Waals surface area (Å²) in [5.74, 6) is 1.57. The molecular formula is C15H13ClN2OS. The topological polar surface area (TPSA) is 42.9 Å². The molecule has 0 fully saturated rings. The first-order valence-corrected chi connectivity index (χ1v) is 7.86. The van der Waals surface area contributed by atoms with Gasteiger partial charge in [0.15, 0.2) is 5.78 Å². The van der Waals surface area contributed by atoms with Crippen LogP contribution in [-0.2, 0) is 12.2 Å². The van der Waals surface area contributed by atoms with Crippen LogP contribution in [0.25, 0.3) is 0 Å². The van der Waals surface area contributed by atoms with E-state index in [1.165, 1.54) is 0 Å². The van der Waals surface area contributed by atoms with Crippen LogP contribution in [-0.4, -0.2) is 15.8 Å². The fraction of sp³-hybridized carbons (Fsp3) is 0.267. The number of fused-ring (bicyclic) bond motifs is 1. The number of hydrogen-bond acceptors (Lipinski definition) is 4. The molecule has 0 saturated carbocycles. The molecule has 0 radical (unpaired) electrons. The number of aryl methyl sites for hydroxylation is 1. The molecule has 2 aromatic rings. The maximum absolute atomic E-state index is 11.7. The van der Waals surface area contributed by atoms with Gasteiger partial charge in [0.05, 0.1) is 22.0 Å². The van der Waals surface area contributed by atoms with E-state index in [-0.39, 0.29) is 5.78 Å². The SMILES string of the molecule is O=C1CCCc2nc(CSc3ccccc3Cl)ncc21. The zero-order valence-corrected chi connectivity index (χ0v) is 12.4. The highest BCUT2D eigenvalue weighted by atomic mass is 35.5. The zero-order chi connectivity index (χ0) is 13.9. The first kappa shape index (κ1) is 13.6. The normalized spacial score (nSPS) is 14.2. The van der Waals surface area contributed by atoms with Crippen molar-refractivity contribution in [2.45, 2.75) is 29.9 Å². The highest BCUT2D eigenvalue weighted by Crippen LogP contribution is 2.29. The second-order valence-electron chi connectivity index (χ2n) is 4.64. The Bertz CT molecular complexity index is 660. The van der Waals surface area contributed by atoms with Crippen molar-refractivity contribution in [2.24, 2.45) is 0 Å². The van der Waals surface area contributed by atoms with E-state index in [1.807, 2.05) is 24.3 Å². The second kappa shape index (κ2) is 5.94. The summed E-state index contributed by atoms with van der Waals surface area (Å²) in [6.07, 6.45) is 4.05. The Hall–Kier alpha value is -1.39. The lowest BCUT2D eigenvalue weighted by Gasteiger charge is -2.13. The second-order valence-corrected chi connectivity index (χ2v) is 6.07. The van der Waals surface area contributed by atoms with Crippen molar-refractivity contribution < 1.29 is 4.79 Å². The Balaban J connectivity index is 1.76. The van der Waals surface area contributed by atoms with E-state index in [4.69, 9.17) is 11.6 Å². The molecule has 3 rings (SSSR count). The Labute approximate surface area is 126 Å². The van der Waals surface area contributed by atoms with Gasteiger partial charge >= 0.3 is 0 Å². The van der Waals surface area contributed by atoms with E-state index in [0.29, 0.717) is 17.7 Å². The van der Waals surface area contributed by atoms with E-state index < -0.39 is 0 Å².